The van der Waals surface area contributed by atoms with Gasteiger partial charge in [0.2, 0.25) is 10.0 Å². The maximum atomic E-state index is 13.3. The van der Waals surface area contributed by atoms with Gasteiger partial charge in [0, 0.05) is 26.7 Å². The highest BCUT2D eigenvalue weighted by molar-refractivity contribution is 7.89. The molecule has 0 bridgehead atoms. The quantitative estimate of drug-likeness (QED) is 0.569. The topological polar surface area (TPSA) is 84.0 Å². The van der Waals surface area contributed by atoms with E-state index in [1.165, 1.54) is 47.4 Å². The van der Waals surface area contributed by atoms with Gasteiger partial charge in [-0.15, -0.1) is 0 Å². The Morgan fingerprint density at radius 2 is 1.73 bits per heavy atom. The SMILES string of the molecule is CC(OC(=O)C1CCN(S(=O)(=O)c2ccc(F)cc2)CC1)C(=O)N(C)Cc1cccc(F)c1. The zero-order chi connectivity index (χ0) is 24.2. The van der Waals surface area contributed by atoms with Gasteiger partial charge in [0.05, 0.1) is 10.8 Å². The van der Waals surface area contributed by atoms with Crippen molar-refractivity contribution in [1.82, 2.24) is 9.21 Å². The lowest BCUT2D eigenvalue weighted by Crippen LogP contribution is -2.42. The van der Waals surface area contributed by atoms with Crippen molar-refractivity contribution < 1.29 is 31.5 Å². The Morgan fingerprint density at radius 1 is 1.09 bits per heavy atom. The van der Waals surface area contributed by atoms with Crippen LogP contribution in [0.4, 0.5) is 8.78 Å². The molecule has 0 aromatic heterocycles. The smallest absolute Gasteiger partial charge is 0.309 e. The fourth-order valence-electron chi connectivity index (χ4n) is 3.71. The average molecular weight is 481 g/mol. The van der Waals surface area contributed by atoms with E-state index in [2.05, 4.69) is 0 Å². The van der Waals surface area contributed by atoms with Gasteiger partial charge in [-0.1, -0.05) is 12.1 Å². The van der Waals surface area contributed by atoms with E-state index in [1.807, 2.05) is 0 Å². The Balaban J connectivity index is 1.52. The van der Waals surface area contributed by atoms with E-state index >= 15 is 0 Å². The number of likely N-dealkylation sites (N-methyl/N-ethyl adjacent to an activating group) is 1. The number of carbonyl (C=O) groups excluding carboxylic acids is 2. The Kier molecular flexibility index (Phi) is 7.80. The van der Waals surface area contributed by atoms with Crippen LogP contribution >= 0.6 is 0 Å². The largest absolute Gasteiger partial charge is 0.452 e. The summed E-state index contributed by atoms with van der Waals surface area (Å²) in [5, 5.41) is 0. The molecule has 1 aliphatic heterocycles. The van der Waals surface area contributed by atoms with E-state index in [9.17, 15) is 26.8 Å². The van der Waals surface area contributed by atoms with Crippen LogP contribution in [0, 0.1) is 17.6 Å². The molecule has 3 rings (SSSR count). The molecule has 1 fully saturated rings. The average Bonchev–Trinajstić information content (AvgIpc) is 2.78. The molecule has 33 heavy (non-hydrogen) atoms. The fraction of sp³-hybridized carbons (Fsp3) is 0.391. The standard InChI is InChI=1S/C23H26F2N2O5S/c1-16(22(28)26(2)15-17-4-3-5-20(25)14-17)32-23(29)18-10-12-27(13-11-18)33(30,31)21-8-6-19(24)7-9-21/h3-9,14,16,18H,10-13,15H2,1-2H3. The lowest BCUT2D eigenvalue weighted by atomic mass is 9.98. The number of piperidine rings is 1. The van der Waals surface area contributed by atoms with Crippen molar-refractivity contribution in [3.05, 3.63) is 65.7 Å². The predicted molar refractivity (Wildman–Crippen MR) is 116 cm³/mol. The number of rotatable bonds is 7. The lowest BCUT2D eigenvalue weighted by molar-refractivity contribution is -0.163. The summed E-state index contributed by atoms with van der Waals surface area (Å²) < 4.78 is 58.4. The van der Waals surface area contributed by atoms with Gasteiger partial charge in [-0.2, -0.15) is 4.31 Å². The highest BCUT2D eigenvalue weighted by atomic mass is 32.2. The molecule has 0 spiro atoms. The molecule has 0 aliphatic carbocycles. The number of sulfonamides is 1. The maximum Gasteiger partial charge on any atom is 0.309 e. The van der Waals surface area contributed by atoms with E-state index < -0.39 is 45.6 Å². The molecule has 1 aliphatic rings. The molecular weight excluding hydrogens is 454 g/mol. The molecule has 7 nitrogen and oxygen atoms in total. The maximum absolute atomic E-state index is 13.3. The van der Waals surface area contributed by atoms with Crippen LogP contribution in [0.25, 0.3) is 0 Å². The number of hydrogen-bond donors (Lipinski definition) is 0. The first-order chi connectivity index (χ1) is 15.6. The molecule has 0 saturated carbocycles. The Labute approximate surface area is 192 Å². The van der Waals surface area contributed by atoms with Crippen LogP contribution in [0.15, 0.2) is 53.4 Å². The van der Waals surface area contributed by atoms with Gasteiger partial charge >= 0.3 is 5.97 Å². The molecule has 178 valence electrons. The summed E-state index contributed by atoms with van der Waals surface area (Å²) in [5.41, 5.74) is 0.610. The minimum atomic E-state index is -3.78. The van der Waals surface area contributed by atoms with E-state index in [0.29, 0.717) is 5.56 Å². The summed E-state index contributed by atoms with van der Waals surface area (Å²) in [6, 6.07) is 10.5. The van der Waals surface area contributed by atoms with Crippen LogP contribution in [0.3, 0.4) is 0 Å². The van der Waals surface area contributed by atoms with Gasteiger partial charge in [0.25, 0.3) is 5.91 Å². The second kappa shape index (κ2) is 10.4. The molecule has 1 unspecified atom stereocenters. The highest BCUT2D eigenvalue weighted by Crippen LogP contribution is 2.25. The third kappa shape index (κ3) is 6.14. The highest BCUT2D eigenvalue weighted by Gasteiger charge is 2.34. The summed E-state index contributed by atoms with van der Waals surface area (Å²) >= 11 is 0. The number of halogens is 2. The van der Waals surface area contributed by atoms with Crippen LogP contribution in [-0.4, -0.2) is 55.7 Å². The second-order valence-electron chi connectivity index (χ2n) is 8.04. The van der Waals surface area contributed by atoms with Gasteiger partial charge in [-0.25, -0.2) is 17.2 Å². The number of ether oxygens (including phenoxy) is 1. The normalized spacial score (nSPS) is 16.2. The Hall–Kier alpha value is -2.85. The van der Waals surface area contributed by atoms with Crippen LogP contribution in [0.2, 0.25) is 0 Å². The summed E-state index contributed by atoms with van der Waals surface area (Å²) in [6.07, 6.45) is -0.532. The van der Waals surface area contributed by atoms with Gasteiger partial charge in [-0.3, -0.25) is 9.59 Å². The summed E-state index contributed by atoms with van der Waals surface area (Å²) in [6.45, 7) is 1.86. The first kappa shape index (κ1) is 24.8. The molecule has 0 N–H and O–H groups in total. The molecule has 1 heterocycles. The van der Waals surface area contributed by atoms with E-state index in [4.69, 9.17) is 4.74 Å². The lowest BCUT2D eigenvalue weighted by Gasteiger charge is -2.31. The van der Waals surface area contributed by atoms with Gasteiger partial charge in [-0.05, 0) is 61.7 Å². The Bertz CT molecular complexity index is 1100. The second-order valence-corrected chi connectivity index (χ2v) is 9.97. The minimum absolute atomic E-state index is 0.00881. The molecule has 1 amide bonds. The number of carbonyl (C=O) groups is 2. The van der Waals surface area contributed by atoms with Crippen molar-refractivity contribution in [3.8, 4) is 0 Å². The number of nitrogens with zero attached hydrogens (tertiary/aromatic N) is 2. The van der Waals surface area contributed by atoms with Crippen molar-refractivity contribution in [2.45, 2.75) is 37.3 Å². The zero-order valence-corrected chi connectivity index (χ0v) is 19.2. The molecule has 0 radical (unpaired) electrons. The van der Waals surface area contributed by atoms with Crippen molar-refractivity contribution in [2.24, 2.45) is 5.92 Å². The van der Waals surface area contributed by atoms with Crippen molar-refractivity contribution >= 4 is 21.9 Å². The van der Waals surface area contributed by atoms with Crippen LogP contribution in [-0.2, 0) is 30.9 Å². The van der Waals surface area contributed by atoms with Crippen molar-refractivity contribution in [2.75, 3.05) is 20.1 Å². The van der Waals surface area contributed by atoms with E-state index in [1.54, 1.807) is 12.1 Å². The number of benzene rings is 2. The van der Waals surface area contributed by atoms with Crippen LogP contribution in [0.5, 0.6) is 0 Å². The monoisotopic (exact) mass is 480 g/mol. The van der Waals surface area contributed by atoms with Crippen molar-refractivity contribution in [1.29, 1.82) is 0 Å². The van der Waals surface area contributed by atoms with E-state index in [0.717, 1.165) is 12.1 Å². The third-order valence-corrected chi connectivity index (χ3v) is 7.48. The van der Waals surface area contributed by atoms with E-state index in [-0.39, 0.29) is 37.4 Å². The first-order valence-corrected chi connectivity index (χ1v) is 12.0. The minimum Gasteiger partial charge on any atom is -0.452 e. The molecule has 10 heteroatoms. The molecule has 1 saturated heterocycles. The summed E-state index contributed by atoms with van der Waals surface area (Å²) in [4.78, 5) is 26.4. The summed E-state index contributed by atoms with van der Waals surface area (Å²) in [7, 11) is -2.24. The molecule has 1 atom stereocenters. The zero-order valence-electron chi connectivity index (χ0n) is 18.4. The molecule has 2 aromatic rings. The molecular formula is C23H26F2N2O5S. The first-order valence-electron chi connectivity index (χ1n) is 10.5. The van der Waals surface area contributed by atoms with Crippen LogP contribution in [0.1, 0.15) is 25.3 Å². The summed E-state index contributed by atoms with van der Waals surface area (Å²) in [5.74, 6) is -2.45. The molecule has 2 aromatic carbocycles. The van der Waals surface area contributed by atoms with Gasteiger partial charge in [0.1, 0.15) is 11.6 Å². The Morgan fingerprint density at radius 3 is 2.33 bits per heavy atom. The van der Waals surface area contributed by atoms with Crippen LogP contribution < -0.4 is 0 Å². The number of esters is 1. The van der Waals surface area contributed by atoms with Crippen molar-refractivity contribution in [3.63, 3.8) is 0 Å². The fourth-order valence-corrected chi connectivity index (χ4v) is 5.18. The van der Waals surface area contributed by atoms with Gasteiger partial charge < -0.3 is 9.64 Å². The third-order valence-electron chi connectivity index (χ3n) is 5.56. The van der Waals surface area contributed by atoms with Gasteiger partial charge in [0.15, 0.2) is 6.10 Å². The predicted octanol–water partition coefficient (Wildman–Crippen LogP) is 2.96. The number of amides is 1. The number of hydrogen-bond acceptors (Lipinski definition) is 5.